The molecule has 3 N–H and O–H groups in total. The van der Waals surface area contributed by atoms with Gasteiger partial charge in [0.2, 0.25) is 5.91 Å². The van der Waals surface area contributed by atoms with Crippen LogP contribution in [0.1, 0.15) is 70.3 Å². The third kappa shape index (κ3) is 8.77. The molecule has 39 heavy (non-hydrogen) atoms. The monoisotopic (exact) mass is 568 g/mol. The number of hydrogen-bond donors (Lipinski definition) is 3. The van der Waals surface area contributed by atoms with Crippen LogP contribution in [0.2, 0.25) is 5.02 Å². The van der Waals surface area contributed by atoms with E-state index in [9.17, 15) is 9.59 Å². The molecule has 0 radical (unpaired) electrons. The number of rotatable bonds is 13. The van der Waals surface area contributed by atoms with Gasteiger partial charge in [0.1, 0.15) is 11.9 Å². The Kier molecular flexibility index (Phi) is 12.8. The zero-order chi connectivity index (χ0) is 28.3. The molecule has 0 spiro atoms. The molecule has 1 heterocycles. The second kappa shape index (κ2) is 15.7. The van der Waals surface area contributed by atoms with Crippen molar-refractivity contribution in [3.8, 4) is 0 Å². The van der Waals surface area contributed by atoms with E-state index in [0.717, 1.165) is 12.8 Å². The number of hydrogen-bond acceptors (Lipinski definition) is 5. The van der Waals surface area contributed by atoms with E-state index in [-0.39, 0.29) is 41.7 Å². The van der Waals surface area contributed by atoms with Gasteiger partial charge in [0.15, 0.2) is 0 Å². The summed E-state index contributed by atoms with van der Waals surface area (Å²) in [6, 6.07) is 4.66. The first kappa shape index (κ1) is 31.6. The lowest BCUT2D eigenvalue weighted by Crippen LogP contribution is -2.62. The number of unbranched alkanes of at least 4 members (excludes halogenated alkanes) is 1. The summed E-state index contributed by atoms with van der Waals surface area (Å²) in [7, 11) is 3.53. The fraction of sp³-hybridized carbons (Fsp3) is 0.724. The molecule has 3 atom stereocenters. The Hall–Kier alpha value is -1.94. The zero-order valence-electron chi connectivity index (χ0n) is 23.7. The van der Waals surface area contributed by atoms with Crippen molar-refractivity contribution in [1.82, 2.24) is 20.9 Å². The number of carbonyl (C=O) groups is 2. The molecule has 0 aromatic heterocycles. The minimum atomic E-state index is -1.21. The van der Waals surface area contributed by atoms with Gasteiger partial charge in [-0.2, -0.15) is 0 Å². The van der Waals surface area contributed by atoms with Gasteiger partial charge in [-0.25, -0.2) is 9.18 Å². The molecule has 1 aromatic carbocycles. The van der Waals surface area contributed by atoms with E-state index in [0.29, 0.717) is 38.5 Å². The molecule has 2 fully saturated rings. The summed E-state index contributed by atoms with van der Waals surface area (Å²) in [6.45, 7) is 3.54. The number of amides is 3. The van der Waals surface area contributed by atoms with E-state index < -0.39 is 17.5 Å². The Morgan fingerprint density at radius 3 is 2.72 bits per heavy atom. The highest BCUT2D eigenvalue weighted by Gasteiger charge is 2.46. The summed E-state index contributed by atoms with van der Waals surface area (Å²) in [4.78, 5) is 27.8. The Bertz CT molecular complexity index is 933. The van der Waals surface area contributed by atoms with Crippen molar-refractivity contribution in [3.63, 3.8) is 0 Å². The van der Waals surface area contributed by atoms with Gasteiger partial charge in [0, 0.05) is 45.3 Å². The standard InChI is InChI=1S/C29H46ClFN4O4/c1-21(36)34-29(14-7-8-16-38-3,24-12-9-13-25(30)27(24)31)26-20-35(15-17-39-26)28(37)33-23(19-32-2)18-22-10-5-4-6-11-22/h9,12-13,22-23,26,32H,4-8,10-11,14-20H2,1-3H3,(H,33,37)(H,34,36)/t23-,26?,29+/m0/s1. The average Bonchev–Trinajstić information content (AvgIpc) is 2.92. The third-order valence-electron chi connectivity index (χ3n) is 8.02. The quantitative estimate of drug-likeness (QED) is 0.303. The molecule has 0 bridgehead atoms. The summed E-state index contributed by atoms with van der Waals surface area (Å²) >= 11 is 6.20. The van der Waals surface area contributed by atoms with E-state index in [4.69, 9.17) is 21.1 Å². The van der Waals surface area contributed by atoms with E-state index >= 15 is 4.39 Å². The molecule has 10 heteroatoms. The largest absolute Gasteiger partial charge is 0.385 e. The second-order valence-corrected chi connectivity index (χ2v) is 11.4. The first-order valence-corrected chi connectivity index (χ1v) is 14.7. The highest BCUT2D eigenvalue weighted by Crippen LogP contribution is 2.38. The van der Waals surface area contributed by atoms with Crippen molar-refractivity contribution in [3.05, 3.63) is 34.6 Å². The van der Waals surface area contributed by atoms with Crippen molar-refractivity contribution in [2.24, 2.45) is 5.92 Å². The molecule has 1 aliphatic heterocycles. The Balaban J connectivity index is 1.83. The molecule has 1 saturated heterocycles. The summed E-state index contributed by atoms with van der Waals surface area (Å²) in [5.41, 5.74) is -0.944. The van der Waals surface area contributed by atoms with Crippen LogP contribution in [0.4, 0.5) is 9.18 Å². The molecular formula is C29H46ClFN4O4. The van der Waals surface area contributed by atoms with Gasteiger partial charge < -0.3 is 30.3 Å². The van der Waals surface area contributed by atoms with Gasteiger partial charge in [-0.15, -0.1) is 0 Å². The van der Waals surface area contributed by atoms with E-state index in [1.165, 1.54) is 45.1 Å². The maximum Gasteiger partial charge on any atom is 0.317 e. The normalized spacial score (nSPS) is 20.7. The topological polar surface area (TPSA) is 91.9 Å². The number of benzene rings is 1. The molecule has 220 valence electrons. The third-order valence-corrected chi connectivity index (χ3v) is 8.32. The van der Waals surface area contributed by atoms with Crippen LogP contribution in [0.25, 0.3) is 0 Å². The smallest absolute Gasteiger partial charge is 0.317 e. The van der Waals surface area contributed by atoms with Crippen LogP contribution in [0.15, 0.2) is 18.2 Å². The molecule has 8 nitrogen and oxygen atoms in total. The highest BCUT2D eigenvalue weighted by molar-refractivity contribution is 6.30. The molecular weight excluding hydrogens is 523 g/mol. The number of ether oxygens (including phenoxy) is 2. The Labute approximate surface area is 237 Å². The van der Waals surface area contributed by atoms with Crippen LogP contribution in [0, 0.1) is 11.7 Å². The van der Waals surface area contributed by atoms with Crippen molar-refractivity contribution >= 4 is 23.5 Å². The van der Waals surface area contributed by atoms with E-state index in [1.54, 1.807) is 24.1 Å². The van der Waals surface area contributed by atoms with Crippen LogP contribution in [0.5, 0.6) is 0 Å². The average molecular weight is 569 g/mol. The van der Waals surface area contributed by atoms with Gasteiger partial charge in [-0.1, -0.05) is 55.8 Å². The summed E-state index contributed by atoms with van der Waals surface area (Å²) in [5, 5.41) is 9.46. The fourth-order valence-electron chi connectivity index (χ4n) is 6.15. The summed E-state index contributed by atoms with van der Waals surface area (Å²) in [5.74, 6) is -0.278. The van der Waals surface area contributed by atoms with Gasteiger partial charge in [0.25, 0.3) is 0 Å². The number of methoxy groups -OCH3 is 1. The van der Waals surface area contributed by atoms with Crippen molar-refractivity contribution in [1.29, 1.82) is 0 Å². The van der Waals surface area contributed by atoms with Gasteiger partial charge >= 0.3 is 6.03 Å². The SMILES string of the molecule is CNC[C@H](CC1CCCCC1)NC(=O)N1CCOC([C@](CCCCOC)(NC(C)=O)c2cccc(Cl)c2F)C1. The van der Waals surface area contributed by atoms with E-state index in [2.05, 4.69) is 16.0 Å². The summed E-state index contributed by atoms with van der Waals surface area (Å²) in [6.07, 6.45) is 8.29. The lowest BCUT2D eigenvalue weighted by atomic mass is 9.78. The first-order chi connectivity index (χ1) is 18.8. The molecule has 1 unspecified atom stereocenters. The Morgan fingerprint density at radius 2 is 2.03 bits per heavy atom. The summed E-state index contributed by atoms with van der Waals surface area (Å²) < 4.78 is 27.0. The lowest BCUT2D eigenvalue weighted by Gasteiger charge is -2.46. The molecule has 2 aliphatic rings. The first-order valence-electron chi connectivity index (χ1n) is 14.3. The zero-order valence-corrected chi connectivity index (χ0v) is 24.5. The van der Waals surface area contributed by atoms with Gasteiger partial charge in [-0.3, -0.25) is 4.79 Å². The number of halogens is 2. The van der Waals surface area contributed by atoms with Crippen molar-refractivity contribution < 1.29 is 23.5 Å². The number of morpholine rings is 1. The van der Waals surface area contributed by atoms with Crippen LogP contribution < -0.4 is 16.0 Å². The molecule has 3 rings (SSSR count). The predicted octanol–water partition coefficient (Wildman–Crippen LogP) is 4.60. The predicted molar refractivity (Wildman–Crippen MR) is 151 cm³/mol. The number of carbonyl (C=O) groups excluding carboxylic acids is 2. The second-order valence-electron chi connectivity index (χ2n) is 11.0. The minimum absolute atomic E-state index is 0.0198. The van der Waals surface area contributed by atoms with Crippen LogP contribution >= 0.6 is 11.6 Å². The van der Waals surface area contributed by atoms with E-state index in [1.807, 2.05) is 7.05 Å². The van der Waals surface area contributed by atoms with Gasteiger partial charge in [-0.05, 0) is 44.7 Å². The number of likely N-dealkylation sites (N-methyl/N-ethyl adjacent to an activating group) is 1. The maximum absolute atomic E-state index is 15.5. The number of urea groups is 1. The number of nitrogens with one attached hydrogen (secondary N) is 3. The van der Waals surface area contributed by atoms with Crippen molar-refractivity contribution in [2.45, 2.75) is 82.4 Å². The van der Waals surface area contributed by atoms with Crippen LogP contribution in [-0.2, 0) is 19.8 Å². The molecule has 1 saturated carbocycles. The Morgan fingerprint density at radius 1 is 1.26 bits per heavy atom. The van der Waals surface area contributed by atoms with Crippen LogP contribution in [0.3, 0.4) is 0 Å². The fourth-order valence-corrected chi connectivity index (χ4v) is 6.33. The molecule has 1 aromatic rings. The number of nitrogens with zero attached hydrogens (tertiary/aromatic N) is 1. The van der Waals surface area contributed by atoms with Crippen LogP contribution in [-0.4, -0.2) is 76.0 Å². The van der Waals surface area contributed by atoms with Crippen molar-refractivity contribution in [2.75, 3.05) is 47.0 Å². The highest BCUT2D eigenvalue weighted by atomic mass is 35.5. The minimum Gasteiger partial charge on any atom is -0.385 e. The molecule has 1 aliphatic carbocycles. The van der Waals surface area contributed by atoms with Gasteiger partial charge in [0.05, 0.1) is 23.7 Å². The maximum atomic E-state index is 15.5. The molecule has 3 amide bonds. The lowest BCUT2D eigenvalue weighted by molar-refractivity contribution is -0.127.